The van der Waals surface area contributed by atoms with Gasteiger partial charge in [0.15, 0.2) is 23.1 Å². The molecule has 0 bridgehead atoms. The zero-order chi connectivity index (χ0) is 27.7. The van der Waals surface area contributed by atoms with Crippen LogP contribution in [0, 0.1) is 5.82 Å². The van der Waals surface area contributed by atoms with E-state index >= 15 is 4.39 Å². The molecule has 0 aliphatic heterocycles. The van der Waals surface area contributed by atoms with Gasteiger partial charge in [-0.2, -0.15) is 0 Å². The molecule has 1 fully saturated rings. The average molecular weight is 541 g/mol. The van der Waals surface area contributed by atoms with Crippen LogP contribution in [0.4, 0.5) is 9.18 Å². The smallest absolute Gasteiger partial charge is 0.408 e. The highest BCUT2D eigenvalue weighted by Gasteiger charge is 2.45. The van der Waals surface area contributed by atoms with Gasteiger partial charge in [-0.05, 0) is 55.5 Å². The quantitative estimate of drug-likeness (QED) is 0.247. The predicted molar refractivity (Wildman–Crippen MR) is 149 cm³/mol. The highest BCUT2D eigenvalue weighted by atomic mass is 19.1. The molecule has 6 rings (SSSR count). The molecule has 1 saturated carbocycles. The van der Waals surface area contributed by atoms with Crippen molar-refractivity contribution in [1.82, 2.24) is 10.3 Å². The van der Waals surface area contributed by atoms with Gasteiger partial charge in [-0.3, -0.25) is 4.98 Å². The monoisotopic (exact) mass is 540 g/mol. The SMILES string of the molecule is COc1cc2c(Oc3ccc4c(c3F)C=C(C)C4)ccnc2cc1OCC1(NC(=O)OCc2ccccc2)CC1. The Balaban J connectivity index is 1.16. The highest BCUT2D eigenvalue weighted by Crippen LogP contribution is 2.41. The molecule has 204 valence electrons. The van der Waals surface area contributed by atoms with Crippen LogP contribution in [0.3, 0.4) is 0 Å². The second kappa shape index (κ2) is 10.5. The van der Waals surface area contributed by atoms with Crippen LogP contribution < -0.4 is 19.5 Å². The summed E-state index contributed by atoms with van der Waals surface area (Å²) in [6.07, 6.45) is 5.29. The van der Waals surface area contributed by atoms with Crippen molar-refractivity contribution in [2.75, 3.05) is 13.7 Å². The van der Waals surface area contributed by atoms with Gasteiger partial charge in [-0.25, -0.2) is 9.18 Å². The number of hydrogen-bond acceptors (Lipinski definition) is 6. The Morgan fingerprint density at radius 3 is 2.62 bits per heavy atom. The number of hydrogen-bond donors (Lipinski definition) is 1. The molecule has 1 N–H and O–H groups in total. The fourth-order valence-corrected chi connectivity index (χ4v) is 4.86. The van der Waals surface area contributed by atoms with E-state index in [2.05, 4.69) is 10.3 Å². The molecule has 0 atom stereocenters. The molecule has 1 aromatic heterocycles. The third-order valence-electron chi connectivity index (χ3n) is 7.24. The number of nitrogens with one attached hydrogen (secondary N) is 1. The van der Waals surface area contributed by atoms with Crippen molar-refractivity contribution in [2.24, 2.45) is 0 Å². The third kappa shape index (κ3) is 5.30. The lowest BCUT2D eigenvalue weighted by molar-refractivity contribution is 0.128. The van der Waals surface area contributed by atoms with Crippen molar-refractivity contribution in [1.29, 1.82) is 0 Å². The van der Waals surface area contributed by atoms with Gasteiger partial charge in [0.1, 0.15) is 19.0 Å². The lowest BCUT2D eigenvalue weighted by Gasteiger charge is -2.20. The summed E-state index contributed by atoms with van der Waals surface area (Å²) in [6, 6.07) is 18.3. The molecule has 2 aliphatic rings. The number of allylic oxidation sites excluding steroid dienone is 1. The van der Waals surface area contributed by atoms with E-state index in [4.69, 9.17) is 18.9 Å². The minimum absolute atomic E-state index is 0.150. The van der Waals surface area contributed by atoms with E-state index in [0.29, 0.717) is 33.7 Å². The minimum Gasteiger partial charge on any atom is -0.493 e. The van der Waals surface area contributed by atoms with Gasteiger partial charge in [0, 0.05) is 23.2 Å². The van der Waals surface area contributed by atoms with Crippen molar-refractivity contribution < 1.29 is 28.1 Å². The van der Waals surface area contributed by atoms with Crippen LogP contribution in [0.2, 0.25) is 0 Å². The minimum atomic E-state index is -0.496. The summed E-state index contributed by atoms with van der Waals surface area (Å²) in [4.78, 5) is 16.9. The zero-order valence-corrected chi connectivity index (χ0v) is 22.3. The van der Waals surface area contributed by atoms with Crippen LogP contribution in [-0.2, 0) is 17.8 Å². The Hall–Kier alpha value is -4.59. The molecule has 1 amide bonds. The summed E-state index contributed by atoms with van der Waals surface area (Å²) in [5.74, 6) is 1.18. The summed E-state index contributed by atoms with van der Waals surface area (Å²) >= 11 is 0. The van der Waals surface area contributed by atoms with Gasteiger partial charge in [-0.1, -0.05) is 48.0 Å². The van der Waals surface area contributed by atoms with E-state index in [1.54, 1.807) is 37.6 Å². The van der Waals surface area contributed by atoms with Crippen molar-refractivity contribution in [3.8, 4) is 23.0 Å². The molecular formula is C32H29FN2O5. The van der Waals surface area contributed by atoms with Gasteiger partial charge in [0.25, 0.3) is 0 Å². The molecule has 0 unspecified atom stereocenters. The Morgan fingerprint density at radius 1 is 1.02 bits per heavy atom. The van der Waals surface area contributed by atoms with Gasteiger partial charge < -0.3 is 24.3 Å². The van der Waals surface area contributed by atoms with Crippen LogP contribution in [0.15, 0.2) is 72.4 Å². The largest absolute Gasteiger partial charge is 0.493 e. The third-order valence-corrected chi connectivity index (χ3v) is 7.24. The Labute approximate surface area is 231 Å². The molecule has 3 aromatic carbocycles. The lowest BCUT2D eigenvalue weighted by Crippen LogP contribution is -2.41. The average Bonchev–Trinajstić information content (AvgIpc) is 3.62. The van der Waals surface area contributed by atoms with Crippen molar-refractivity contribution >= 4 is 23.1 Å². The molecule has 0 spiro atoms. The van der Waals surface area contributed by atoms with Gasteiger partial charge in [-0.15, -0.1) is 0 Å². The molecule has 8 heteroatoms. The van der Waals surface area contributed by atoms with Gasteiger partial charge >= 0.3 is 6.09 Å². The maximum atomic E-state index is 15.2. The number of benzene rings is 3. The van der Waals surface area contributed by atoms with E-state index in [1.165, 1.54) is 0 Å². The molecular weight excluding hydrogens is 511 g/mol. The fraction of sp³-hybridized carbons (Fsp3) is 0.250. The molecule has 0 saturated heterocycles. The van der Waals surface area contributed by atoms with Gasteiger partial charge in [0.05, 0.1) is 18.2 Å². The van der Waals surface area contributed by atoms with Gasteiger partial charge in [0.2, 0.25) is 0 Å². The zero-order valence-electron chi connectivity index (χ0n) is 22.3. The first-order valence-corrected chi connectivity index (χ1v) is 13.2. The van der Waals surface area contributed by atoms with E-state index in [0.717, 1.165) is 36.0 Å². The highest BCUT2D eigenvalue weighted by molar-refractivity contribution is 5.88. The second-order valence-corrected chi connectivity index (χ2v) is 10.3. The summed E-state index contributed by atoms with van der Waals surface area (Å²) in [6.45, 7) is 2.43. The number of carbonyl (C=O) groups excluding carboxylic acids is 1. The number of amides is 1. The number of nitrogens with zero attached hydrogens (tertiary/aromatic N) is 1. The van der Waals surface area contributed by atoms with E-state index < -0.39 is 11.6 Å². The first-order chi connectivity index (χ1) is 19.4. The molecule has 4 aromatic rings. The molecule has 7 nitrogen and oxygen atoms in total. The fourth-order valence-electron chi connectivity index (χ4n) is 4.86. The number of pyridine rings is 1. The van der Waals surface area contributed by atoms with Crippen LogP contribution >= 0.6 is 0 Å². The maximum Gasteiger partial charge on any atom is 0.408 e. The molecule has 1 heterocycles. The van der Waals surface area contributed by atoms with E-state index in [-0.39, 0.29) is 24.8 Å². The van der Waals surface area contributed by atoms with E-state index in [9.17, 15) is 4.79 Å². The number of carbonyl (C=O) groups is 1. The first-order valence-electron chi connectivity index (χ1n) is 13.2. The number of methoxy groups -OCH3 is 1. The first kappa shape index (κ1) is 25.7. The number of halogens is 1. The normalized spacial score (nSPS) is 14.7. The Bertz CT molecular complexity index is 1620. The number of fused-ring (bicyclic) bond motifs is 2. The van der Waals surface area contributed by atoms with Crippen molar-refractivity contribution in [3.63, 3.8) is 0 Å². The van der Waals surface area contributed by atoms with Crippen LogP contribution in [0.1, 0.15) is 36.5 Å². The standard InChI is InChI=1S/C32H29FN2O5/c1-20-14-22-8-9-27(30(33)23(22)15-20)40-26-10-13-34-25-17-29(28(37-2)16-24(25)26)39-19-32(11-12-32)35-31(36)38-18-21-6-4-3-5-7-21/h3-10,13,15-17H,11-12,14,18-19H2,1-2H3,(H,35,36). The second-order valence-electron chi connectivity index (χ2n) is 10.3. The number of aromatic nitrogens is 1. The number of rotatable bonds is 9. The van der Waals surface area contributed by atoms with Crippen molar-refractivity contribution in [3.05, 3.63) is 94.9 Å². The summed E-state index contributed by atoms with van der Waals surface area (Å²) < 4.78 is 38.4. The Kier molecular flexibility index (Phi) is 6.76. The maximum absolute atomic E-state index is 15.2. The van der Waals surface area contributed by atoms with Crippen LogP contribution in [0.25, 0.3) is 17.0 Å². The summed E-state index contributed by atoms with van der Waals surface area (Å²) in [5, 5.41) is 3.60. The molecule has 0 radical (unpaired) electrons. The molecule has 40 heavy (non-hydrogen) atoms. The van der Waals surface area contributed by atoms with Crippen molar-refractivity contribution in [2.45, 2.75) is 38.3 Å². The topological polar surface area (TPSA) is 78.9 Å². The van der Waals surface area contributed by atoms with Crippen LogP contribution in [0.5, 0.6) is 23.0 Å². The van der Waals surface area contributed by atoms with E-state index in [1.807, 2.05) is 49.4 Å². The Morgan fingerprint density at radius 2 is 1.85 bits per heavy atom. The molecule has 2 aliphatic carbocycles. The summed E-state index contributed by atoms with van der Waals surface area (Å²) in [5.41, 5.74) is 3.67. The summed E-state index contributed by atoms with van der Waals surface area (Å²) in [7, 11) is 1.55. The van der Waals surface area contributed by atoms with Crippen LogP contribution in [-0.4, -0.2) is 30.3 Å². The number of alkyl carbamates (subject to hydrolysis) is 1. The predicted octanol–water partition coefficient (Wildman–Crippen LogP) is 6.97. The number of ether oxygens (including phenoxy) is 4. The lowest BCUT2D eigenvalue weighted by atomic mass is 10.1.